The zero-order valence-corrected chi connectivity index (χ0v) is 11.6. The maximum atomic E-state index is 10.8. The molecule has 104 valence electrons. The molecule has 2 aromatic carbocycles. The number of hydrogen-bond acceptors (Lipinski definition) is 4. The van der Waals surface area contributed by atoms with Gasteiger partial charge in [-0.2, -0.15) is 0 Å². The van der Waals surface area contributed by atoms with Crippen LogP contribution >= 0.6 is 11.6 Å². The van der Waals surface area contributed by atoms with Crippen LogP contribution in [0.4, 0.5) is 17.1 Å². The average Bonchev–Trinajstić information content (AvgIpc) is 2.38. The van der Waals surface area contributed by atoms with Crippen molar-refractivity contribution in [3.8, 4) is 0 Å². The van der Waals surface area contributed by atoms with Gasteiger partial charge in [0.1, 0.15) is 0 Å². The third-order valence-corrected chi connectivity index (χ3v) is 3.16. The fraction of sp³-hybridized carbons (Fsp3) is 0.143. The number of hydrogen-bond donors (Lipinski definition) is 2. The molecule has 2 rings (SSSR count). The second kappa shape index (κ2) is 5.79. The average molecular weight is 292 g/mol. The lowest BCUT2D eigenvalue weighted by Gasteiger charge is -2.16. The van der Waals surface area contributed by atoms with Crippen molar-refractivity contribution in [2.45, 2.75) is 13.0 Å². The molecule has 3 N–H and O–H groups in total. The monoisotopic (exact) mass is 291 g/mol. The minimum atomic E-state index is -0.464. The van der Waals surface area contributed by atoms with Crippen LogP contribution in [-0.2, 0) is 0 Å². The van der Waals surface area contributed by atoms with Crippen LogP contribution in [0, 0.1) is 10.1 Å². The van der Waals surface area contributed by atoms with Crippen LogP contribution in [0.15, 0.2) is 42.5 Å². The Hall–Kier alpha value is -2.27. The Bertz CT molecular complexity index is 629. The minimum Gasteiger partial charge on any atom is -0.398 e. The van der Waals surface area contributed by atoms with Crippen LogP contribution in [0.25, 0.3) is 0 Å². The Morgan fingerprint density at radius 2 is 1.90 bits per heavy atom. The first-order valence-electron chi connectivity index (χ1n) is 6.02. The van der Waals surface area contributed by atoms with Gasteiger partial charge in [-0.25, -0.2) is 0 Å². The first-order chi connectivity index (χ1) is 9.45. The number of rotatable bonds is 4. The van der Waals surface area contributed by atoms with Crippen LogP contribution in [-0.4, -0.2) is 4.92 Å². The Morgan fingerprint density at radius 3 is 2.50 bits per heavy atom. The third kappa shape index (κ3) is 3.39. The summed E-state index contributed by atoms with van der Waals surface area (Å²) in [5.41, 5.74) is 7.63. The molecule has 1 unspecified atom stereocenters. The van der Waals surface area contributed by atoms with Gasteiger partial charge in [0.2, 0.25) is 0 Å². The summed E-state index contributed by atoms with van der Waals surface area (Å²) in [6.07, 6.45) is 0. The number of nitrogens with one attached hydrogen (secondary N) is 1. The maximum absolute atomic E-state index is 10.8. The van der Waals surface area contributed by atoms with Crippen molar-refractivity contribution in [1.82, 2.24) is 0 Å². The number of anilines is 2. The van der Waals surface area contributed by atoms with Gasteiger partial charge in [-0.15, -0.1) is 0 Å². The lowest BCUT2D eigenvalue weighted by atomic mass is 10.1. The summed E-state index contributed by atoms with van der Waals surface area (Å²) < 4.78 is 0. The molecule has 0 fully saturated rings. The number of nitrogens with zero attached hydrogens (tertiary/aromatic N) is 1. The smallest absolute Gasteiger partial charge is 0.273 e. The van der Waals surface area contributed by atoms with E-state index in [0.29, 0.717) is 16.4 Å². The maximum Gasteiger partial charge on any atom is 0.273 e. The SMILES string of the molecule is CC(Nc1cc(N)cc([N+](=O)[O-])c1)c1ccc(Cl)cc1. The standard InChI is InChI=1S/C14H14ClN3O2/c1-9(10-2-4-11(15)5-3-10)17-13-6-12(16)7-14(8-13)18(19)20/h2-9,17H,16H2,1H3. The van der Waals surface area contributed by atoms with E-state index in [0.717, 1.165) is 5.56 Å². The summed E-state index contributed by atoms with van der Waals surface area (Å²) in [4.78, 5) is 10.3. The summed E-state index contributed by atoms with van der Waals surface area (Å²) in [7, 11) is 0. The summed E-state index contributed by atoms with van der Waals surface area (Å²) in [5.74, 6) is 0. The molecular weight excluding hydrogens is 278 g/mol. The van der Waals surface area contributed by atoms with Crippen molar-refractivity contribution >= 4 is 28.7 Å². The number of nitrogen functional groups attached to an aromatic ring is 1. The zero-order valence-electron chi connectivity index (χ0n) is 10.8. The fourth-order valence-electron chi connectivity index (χ4n) is 1.91. The molecule has 0 amide bonds. The van der Waals surface area contributed by atoms with E-state index in [2.05, 4.69) is 5.32 Å². The van der Waals surface area contributed by atoms with E-state index < -0.39 is 4.92 Å². The van der Waals surface area contributed by atoms with E-state index in [1.165, 1.54) is 12.1 Å². The molecule has 0 spiro atoms. The molecule has 0 bridgehead atoms. The van der Waals surface area contributed by atoms with Crippen molar-refractivity contribution < 1.29 is 4.92 Å². The second-order valence-corrected chi connectivity index (χ2v) is 4.92. The highest BCUT2D eigenvalue weighted by Gasteiger charge is 2.11. The molecule has 0 saturated carbocycles. The molecule has 0 aromatic heterocycles. The van der Waals surface area contributed by atoms with Crippen molar-refractivity contribution in [3.05, 3.63) is 63.2 Å². The topological polar surface area (TPSA) is 81.2 Å². The Balaban J connectivity index is 2.21. The largest absolute Gasteiger partial charge is 0.398 e. The van der Waals surface area contributed by atoms with Crippen LogP contribution in [0.5, 0.6) is 0 Å². The van der Waals surface area contributed by atoms with Gasteiger partial charge < -0.3 is 11.1 Å². The summed E-state index contributed by atoms with van der Waals surface area (Å²) >= 11 is 5.84. The van der Waals surface area contributed by atoms with Crippen molar-refractivity contribution in [1.29, 1.82) is 0 Å². The van der Waals surface area contributed by atoms with Crippen LogP contribution in [0.1, 0.15) is 18.5 Å². The molecule has 5 nitrogen and oxygen atoms in total. The van der Waals surface area contributed by atoms with E-state index >= 15 is 0 Å². The number of benzene rings is 2. The Labute approximate surface area is 121 Å². The lowest BCUT2D eigenvalue weighted by molar-refractivity contribution is -0.384. The van der Waals surface area contributed by atoms with Gasteiger partial charge in [0.15, 0.2) is 0 Å². The number of nitro groups is 1. The molecule has 0 aliphatic carbocycles. The Morgan fingerprint density at radius 1 is 1.25 bits per heavy atom. The van der Waals surface area contributed by atoms with Gasteiger partial charge in [0.25, 0.3) is 5.69 Å². The number of nitro benzene ring substituents is 1. The first kappa shape index (κ1) is 14.1. The highest BCUT2D eigenvalue weighted by Crippen LogP contribution is 2.26. The summed E-state index contributed by atoms with van der Waals surface area (Å²) in [6, 6.07) is 11.9. The second-order valence-electron chi connectivity index (χ2n) is 4.49. The van der Waals surface area contributed by atoms with Crippen molar-refractivity contribution in [2.75, 3.05) is 11.1 Å². The quantitative estimate of drug-likeness (QED) is 0.507. The van der Waals surface area contributed by atoms with E-state index in [4.69, 9.17) is 17.3 Å². The number of nitrogens with two attached hydrogens (primary N) is 1. The molecule has 2 aromatic rings. The molecule has 6 heteroatoms. The lowest BCUT2D eigenvalue weighted by Crippen LogP contribution is -2.07. The highest BCUT2D eigenvalue weighted by atomic mass is 35.5. The minimum absolute atomic E-state index is 0.0197. The predicted molar refractivity (Wildman–Crippen MR) is 81.0 cm³/mol. The zero-order chi connectivity index (χ0) is 14.7. The van der Waals surface area contributed by atoms with E-state index in [-0.39, 0.29) is 11.7 Å². The van der Waals surface area contributed by atoms with Crippen LogP contribution in [0.3, 0.4) is 0 Å². The molecule has 0 aliphatic rings. The normalized spacial score (nSPS) is 11.9. The van der Waals surface area contributed by atoms with E-state index in [9.17, 15) is 10.1 Å². The molecular formula is C14H14ClN3O2. The molecule has 0 heterocycles. The molecule has 1 atom stereocenters. The van der Waals surface area contributed by atoms with Gasteiger partial charge in [0, 0.05) is 34.6 Å². The molecule has 0 aliphatic heterocycles. The summed E-state index contributed by atoms with van der Waals surface area (Å²) in [6.45, 7) is 1.96. The Kier molecular flexibility index (Phi) is 4.10. The van der Waals surface area contributed by atoms with Gasteiger partial charge in [0.05, 0.1) is 4.92 Å². The van der Waals surface area contributed by atoms with Gasteiger partial charge >= 0.3 is 0 Å². The molecule has 0 saturated heterocycles. The summed E-state index contributed by atoms with van der Waals surface area (Å²) in [5, 5.41) is 14.7. The first-order valence-corrected chi connectivity index (χ1v) is 6.40. The van der Waals surface area contributed by atoms with Gasteiger partial charge in [-0.05, 0) is 30.7 Å². The fourth-order valence-corrected chi connectivity index (χ4v) is 2.03. The van der Waals surface area contributed by atoms with Gasteiger partial charge in [-0.1, -0.05) is 23.7 Å². The van der Waals surface area contributed by atoms with Gasteiger partial charge in [-0.3, -0.25) is 10.1 Å². The van der Waals surface area contributed by atoms with Crippen LogP contribution in [0.2, 0.25) is 5.02 Å². The van der Waals surface area contributed by atoms with Crippen LogP contribution < -0.4 is 11.1 Å². The van der Waals surface area contributed by atoms with Crippen molar-refractivity contribution in [3.63, 3.8) is 0 Å². The number of halogens is 1. The van der Waals surface area contributed by atoms with Crippen molar-refractivity contribution in [2.24, 2.45) is 0 Å². The van der Waals surface area contributed by atoms with E-state index in [1.807, 2.05) is 19.1 Å². The molecule has 0 radical (unpaired) electrons. The van der Waals surface area contributed by atoms with E-state index in [1.54, 1.807) is 18.2 Å². The third-order valence-electron chi connectivity index (χ3n) is 2.90. The highest BCUT2D eigenvalue weighted by molar-refractivity contribution is 6.30. The predicted octanol–water partition coefficient (Wildman–Crippen LogP) is 4.00. The number of non-ortho nitro benzene ring substituents is 1. The molecule has 20 heavy (non-hydrogen) atoms.